The fourth-order valence-electron chi connectivity index (χ4n) is 3.89. The quantitative estimate of drug-likeness (QED) is 0.680. The lowest BCUT2D eigenvalue weighted by molar-refractivity contribution is -0.128. The first-order valence-electron chi connectivity index (χ1n) is 9.69. The summed E-state index contributed by atoms with van der Waals surface area (Å²) in [5.41, 5.74) is 3.17. The zero-order valence-electron chi connectivity index (χ0n) is 15.5. The molecule has 1 atom stereocenters. The highest BCUT2D eigenvalue weighted by Crippen LogP contribution is 2.32. The normalized spacial score (nSPS) is 19.5. The fourth-order valence-corrected chi connectivity index (χ4v) is 3.89. The van der Waals surface area contributed by atoms with Crippen LogP contribution in [0.2, 0.25) is 0 Å². The molecule has 0 bridgehead atoms. The highest BCUT2D eigenvalue weighted by atomic mass is 16.2. The third-order valence-electron chi connectivity index (χ3n) is 5.51. The van der Waals surface area contributed by atoms with Gasteiger partial charge in [-0.2, -0.15) is 5.10 Å². The molecule has 5 rings (SSSR count). The molecule has 0 spiro atoms. The smallest absolute Gasteiger partial charge is 0.271 e. The van der Waals surface area contributed by atoms with Crippen molar-refractivity contribution < 1.29 is 9.59 Å². The van der Waals surface area contributed by atoms with Crippen LogP contribution in [0.15, 0.2) is 36.7 Å². The van der Waals surface area contributed by atoms with Gasteiger partial charge in [0, 0.05) is 31.5 Å². The number of carbonyl (C=O) groups is 2. The number of nitrogens with one attached hydrogen (secondary N) is 2. The van der Waals surface area contributed by atoms with Gasteiger partial charge >= 0.3 is 0 Å². The summed E-state index contributed by atoms with van der Waals surface area (Å²) in [4.78, 5) is 30.8. The first-order chi connectivity index (χ1) is 13.7. The number of aromatic amines is 1. The van der Waals surface area contributed by atoms with Crippen molar-refractivity contribution in [3.05, 3.63) is 48.0 Å². The molecule has 1 saturated heterocycles. The van der Waals surface area contributed by atoms with Crippen LogP contribution in [0.1, 0.15) is 35.4 Å². The minimum atomic E-state index is -0.213. The lowest BCUT2D eigenvalue weighted by Crippen LogP contribution is -2.32. The molecule has 8 heteroatoms. The van der Waals surface area contributed by atoms with Gasteiger partial charge in [-0.25, -0.2) is 4.98 Å². The summed E-state index contributed by atoms with van der Waals surface area (Å²) >= 11 is 0. The number of amides is 2. The number of hydrogen-bond acceptors (Lipinski definition) is 4. The minimum absolute atomic E-state index is 0.188. The van der Waals surface area contributed by atoms with Crippen molar-refractivity contribution in [1.82, 2.24) is 30.0 Å². The fraction of sp³-hybridized carbons (Fsp3) is 0.400. The van der Waals surface area contributed by atoms with Gasteiger partial charge in [0.2, 0.25) is 5.91 Å². The Labute approximate surface area is 161 Å². The van der Waals surface area contributed by atoms with E-state index in [1.807, 2.05) is 33.7 Å². The maximum atomic E-state index is 12.4. The van der Waals surface area contributed by atoms with Crippen molar-refractivity contribution >= 4 is 22.8 Å². The summed E-state index contributed by atoms with van der Waals surface area (Å²) in [6.45, 7) is 1.82. The molecular weight excluding hydrogens is 356 g/mol. The van der Waals surface area contributed by atoms with Gasteiger partial charge in [-0.1, -0.05) is 12.1 Å². The molecule has 2 N–H and O–H groups in total. The molecule has 1 aliphatic heterocycles. The topological polar surface area (TPSA) is 95.9 Å². The van der Waals surface area contributed by atoms with E-state index < -0.39 is 0 Å². The van der Waals surface area contributed by atoms with Gasteiger partial charge in [0.1, 0.15) is 5.69 Å². The number of H-pyrrole nitrogens is 1. The molecule has 8 nitrogen and oxygen atoms in total. The van der Waals surface area contributed by atoms with Crippen LogP contribution in [0.3, 0.4) is 0 Å². The number of rotatable bonds is 6. The Balaban J connectivity index is 1.19. The van der Waals surface area contributed by atoms with Gasteiger partial charge in [0.05, 0.1) is 29.6 Å². The van der Waals surface area contributed by atoms with Crippen LogP contribution in [-0.2, 0) is 11.3 Å². The molecule has 2 aliphatic rings. The van der Waals surface area contributed by atoms with Gasteiger partial charge in [-0.15, -0.1) is 0 Å². The SMILES string of the molecule is O=C(NC[C@@H]1CC(=O)N(C2CC2)C1)c1cc(Cn2cnc3ccccc32)[nH]n1. The van der Waals surface area contributed by atoms with Crippen molar-refractivity contribution in [2.45, 2.75) is 31.8 Å². The minimum Gasteiger partial charge on any atom is -0.350 e. The van der Waals surface area contributed by atoms with Crippen molar-refractivity contribution in [3.8, 4) is 0 Å². The van der Waals surface area contributed by atoms with E-state index in [4.69, 9.17) is 0 Å². The first-order valence-corrected chi connectivity index (χ1v) is 9.69. The number of carbonyl (C=O) groups excluding carboxylic acids is 2. The molecule has 1 saturated carbocycles. The van der Waals surface area contributed by atoms with Crippen molar-refractivity contribution in [1.29, 1.82) is 0 Å². The van der Waals surface area contributed by atoms with E-state index in [2.05, 4.69) is 20.5 Å². The number of hydrogen-bond donors (Lipinski definition) is 2. The molecule has 2 amide bonds. The van der Waals surface area contributed by atoms with Crippen molar-refractivity contribution in [2.24, 2.45) is 5.92 Å². The summed E-state index contributed by atoms with van der Waals surface area (Å²) in [5, 5.41) is 10.00. The van der Waals surface area contributed by atoms with Gasteiger partial charge in [-0.3, -0.25) is 14.7 Å². The molecule has 144 valence electrons. The van der Waals surface area contributed by atoms with E-state index in [1.54, 1.807) is 12.4 Å². The maximum Gasteiger partial charge on any atom is 0.271 e. The lowest BCUT2D eigenvalue weighted by Gasteiger charge is -2.15. The Morgan fingerprint density at radius 1 is 1.29 bits per heavy atom. The number of imidazole rings is 1. The largest absolute Gasteiger partial charge is 0.350 e. The van der Waals surface area contributed by atoms with E-state index in [0.29, 0.717) is 31.2 Å². The molecule has 1 aliphatic carbocycles. The molecule has 1 aromatic carbocycles. The summed E-state index contributed by atoms with van der Waals surface area (Å²) < 4.78 is 2.02. The van der Waals surface area contributed by atoms with E-state index in [0.717, 1.165) is 36.1 Å². The van der Waals surface area contributed by atoms with Gasteiger partial charge < -0.3 is 14.8 Å². The second kappa shape index (κ2) is 6.78. The third kappa shape index (κ3) is 3.26. The van der Waals surface area contributed by atoms with Crippen LogP contribution in [0, 0.1) is 5.92 Å². The second-order valence-electron chi connectivity index (χ2n) is 7.70. The molecule has 3 heterocycles. The van der Waals surface area contributed by atoms with E-state index >= 15 is 0 Å². The van der Waals surface area contributed by atoms with Gasteiger partial charge in [-0.05, 0) is 31.0 Å². The van der Waals surface area contributed by atoms with Gasteiger partial charge in [0.25, 0.3) is 5.91 Å². The van der Waals surface area contributed by atoms with Crippen LogP contribution >= 0.6 is 0 Å². The summed E-state index contributed by atoms with van der Waals surface area (Å²) in [6.07, 6.45) is 4.55. The molecular formula is C20H22N6O2. The van der Waals surface area contributed by atoms with Gasteiger partial charge in [0.15, 0.2) is 0 Å². The Morgan fingerprint density at radius 3 is 3.00 bits per heavy atom. The van der Waals surface area contributed by atoms with E-state index in [1.165, 1.54) is 0 Å². The monoisotopic (exact) mass is 378 g/mol. The summed E-state index contributed by atoms with van der Waals surface area (Å²) in [5.74, 6) is 0.194. The van der Waals surface area contributed by atoms with Crippen molar-refractivity contribution in [2.75, 3.05) is 13.1 Å². The predicted molar refractivity (Wildman–Crippen MR) is 103 cm³/mol. The van der Waals surface area contributed by atoms with E-state index in [-0.39, 0.29) is 17.7 Å². The third-order valence-corrected chi connectivity index (χ3v) is 5.51. The zero-order chi connectivity index (χ0) is 19.1. The average Bonchev–Trinajstić information content (AvgIpc) is 3.12. The molecule has 2 aromatic heterocycles. The van der Waals surface area contributed by atoms with Crippen LogP contribution in [0.5, 0.6) is 0 Å². The predicted octanol–water partition coefficient (Wildman–Crippen LogP) is 1.55. The lowest BCUT2D eigenvalue weighted by atomic mass is 10.1. The number of benzene rings is 1. The number of aromatic nitrogens is 4. The second-order valence-corrected chi connectivity index (χ2v) is 7.70. The molecule has 0 unspecified atom stereocenters. The zero-order valence-corrected chi connectivity index (χ0v) is 15.5. The molecule has 0 radical (unpaired) electrons. The number of para-hydroxylation sites is 2. The Bertz CT molecular complexity index is 1030. The van der Waals surface area contributed by atoms with Crippen LogP contribution in [0.4, 0.5) is 0 Å². The number of likely N-dealkylation sites (tertiary alicyclic amines) is 1. The molecule has 28 heavy (non-hydrogen) atoms. The Kier molecular flexibility index (Phi) is 4.11. The first kappa shape index (κ1) is 17.0. The number of fused-ring (bicyclic) bond motifs is 1. The molecule has 2 fully saturated rings. The Hall–Kier alpha value is -3.16. The van der Waals surface area contributed by atoms with E-state index in [9.17, 15) is 9.59 Å². The summed E-state index contributed by atoms with van der Waals surface area (Å²) in [7, 11) is 0. The van der Waals surface area contributed by atoms with Crippen molar-refractivity contribution in [3.63, 3.8) is 0 Å². The highest BCUT2D eigenvalue weighted by molar-refractivity contribution is 5.92. The number of nitrogens with zero attached hydrogens (tertiary/aromatic N) is 4. The maximum absolute atomic E-state index is 12.4. The average molecular weight is 378 g/mol. The van der Waals surface area contributed by atoms with Crippen LogP contribution in [0.25, 0.3) is 11.0 Å². The highest BCUT2D eigenvalue weighted by Gasteiger charge is 2.39. The van der Waals surface area contributed by atoms with Crippen LogP contribution in [-0.4, -0.2) is 55.6 Å². The standard InChI is InChI=1S/C20H22N6O2/c27-19-7-13(10-26(19)15-5-6-15)9-21-20(28)17-8-14(23-24-17)11-25-12-22-16-3-1-2-4-18(16)25/h1-4,8,12-13,15H,5-7,9-11H2,(H,21,28)(H,23,24)/t13-/m0/s1. The summed E-state index contributed by atoms with van der Waals surface area (Å²) in [6, 6.07) is 10.1. The Morgan fingerprint density at radius 2 is 2.14 bits per heavy atom. The van der Waals surface area contributed by atoms with Crippen LogP contribution < -0.4 is 5.32 Å². The molecule has 3 aromatic rings.